The van der Waals surface area contributed by atoms with Crippen LogP contribution in [0.25, 0.3) is 0 Å². The fourth-order valence-corrected chi connectivity index (χ4v) is 2.03. The summed E-state index contributed by atoms with van der Waals surface area (Å²) >= 11 is 0. The van der Waals surface area contributed by atoms with Crippen LogP contribution in [0.3, 0.4) is 0 Å². The lowest BCUT2D eigenvalue weighted by Gasteiger charge is -2.21. The Kier molecular flexibility index (Phi) is 5.10. The number of nitrogens with zero attached hydrogens (tertiary/aromatic N) is 1. The number of benzene rings is 1. The van der Waals surface area contributed by atoms with Gasteiger partial charge in [-0.1, -0.05) is 27.7 Å². The second kappa shape index (κ2) is 6.36. The van der Waals surface area contributed by atoms with Gasteiger partial charge in [0.1, 0.15) is 0 Å². The molecule has 0 fully saturated rings. The van der Waals surface area contributed by atoms with Gasteiger partial charge in [-0.25, -0.2) is 9.79 Å². The molecule has 0 heterocycles. The van der Waals surface area contributed by atoms with Gasteiger partial charge in [0.2, 0.25) is 0 Å². The van der Waals surface area contributed by atoms with Crippen molar-refractivity contribution in [3.8, 4) is 0 Å². The highest BCUT2D eigenvalue weighted by Gasteiger charge is 2.17. The predicted molar refractivity (Wildman–Crippen MR) is 82.7 cm³/mol. The summed E-state index contributed by atoms with van der Waals surface area (Å²) in [5, 5.41) is 6.01. The summed E-state index contributed by atoms with van der Waals surface area (Å²) in [6.45, 7) is 11.7. The number of nitrogens with one attached hydrogen (secondary N) is 2. The Morgan fingerprint density at radius 1 is 1.16 bits per heavy atom. The van der Waals surface area contributed by atoms with Gasteiger partial charge in [0, 0.05) is 18.4 Å². The van der Waals surface area contributed by atoms with E-state index in [0.717, 1.165) is 22.5 Å². The zero-order valence-corrected chi connectivity index (χ0v) is 12.4. The molecular weight excluding hydrogens is 238 g/mol. The third-order valence-corrected chi connectivity index (χ3v) is 3.11. The van der Waals surface area contributed by atoms with Crippen molar-refractivity contribution in [3.63, 3.8) is 0 Å². The van der Waals surface area contributed by atoms with E-state index in [4.69, 9.17) is 0 Å². The summed E-state index contributed by atoms with van der Waals surface area (Å²) in [4.78, 5) is 14.9. The van der Waals surface area contributed by atoms with E-state index >= 15 is 0 Å². The van der Waals surface area contributed by atoms with Gasteiger partial charge < -0.3 is 10.6 Å². The Labute approximate surface area is 115 Å². The molecule has 0 unspecified atom stereocenters. The van der Waals surface area contributed by atoms with Gasteiger partial charge in [-0.2, -0.15) is 0 Å². The number of anilines is 2. The molecular formula is C15H23N3O. The lowest BCUT2D eigenvalue weighted by molar-refractivity contribution is 0.259. The molecule has 0 radical (unpaired) electrons. The van der Waals surface area contributed by atoms with E-state index in [1.807, 2.05) is 7.05 Å². The molecule has 0 saturated carbocycles. The van der Waals surface area contributed by atoms with Crippen molar-refractivity contribution in [2.45, 2.75) is 39.5 Å². The maximum absolute atomic E-state index is 11.5. The molecule has 0 aromatic heterocycles. The molecule has 0 atom stereocenters. The molecule has 104 valence electrons. The summed E-state index contributed by atoms with van der Waals surface area (Å²) in [5.41, 5.74) is 4.12. The van der Waals surface area contributed by atoms with Crippen molar-refractivity contribution >= 4 is 24.1 Å². The lowest BCUT2D eigenvalue weighted by atomic mass is 9.91. The number of hydrogen-bond donors (Lipinski definition) is 2. The van der Waals surface area contributed by atoms with E-state index in [1.165, 1.54) is 0 Å². The van der Waals surface area contributed by atoms with Crippen LogP contribution in [0, 0.1) is 0 Å². The van der Waals surface area contributed by atoms with Crippen LogP contribution in [0.5, 0.6) is 0 Å². The third-order valence-electron chi connectivity index (χ3n) is 3.11. The number of aliphatic imine (C=N–C) groups is 1. The first-order valence-corrected chi connectivity index (χ1v) is 6.54. The van der Waals surface area contributed by atoms with Crippen LogP contribution >= 0.6 is 0 Å². The highest BCUT2D eigenvalue weighted by atomic mass is 16.2. The molecule has 0 aliphatic rings. The third kappa shape index (κ3) is 3.56. The molecule has 2 N–H and O–H groups in total. The van der Waals surface area contributed by atoms with E-state index < -0.39 is 6.03 Å². The fraction of sp³-hybridized carbons (Fsp3) is 0.467. The highest BCUT2D eigenvalue weighted by molar-refractivity contribution is 5.94. The lowest BCUT2D eigenvalue weighted by Crippen LogP contribution is -2.12. The van der Waals surface area contributed by atoms with Crippen molar-refractivity contribution in [1.82, 2.24) is 0 Å². The summed E-state index contributed by atoms with van der Waals surface area (Å²) in [7, 11) is 1.90. The van der Waals surface area contributed by atoms with Crippen molar-refractivity contribution < 1.29 is 4.79 Å². The van der Waals surface area contributed by atoms with Crippen LogP contribution < -0.4 is 10.6 Å². The van der Waals surface area contributed by atoms with Crippen molar-refractivity contribution in [1.29, 1.82) is 0 Å². The quantitative estimate of drug-likeness (QED) is 0.798. The minimum absolute atomic E-state index is 0.311. The maximum Gasteiger partial charge on any atom is 0.344 e. The number of carbonyl (C=O) groups is 1. The zero-order valence-electron chi connectivity index (χ0n) is 12.4. The SMILES string of the molecule is C=NC(=O)Nc1c(C(C)C)cc(NC)cc1C(C)C. The Morgan fingerprint density at radius 3 is 1.95 bits per heavy atom. The van der Waals surface area contributed by atoms with Crippen LogP contribution in [-0.4, -0.2) is 19.8 Å². The minimum Gasteiger partial charge on any atom is -0.388 e. The van der Waals surface area contributed by atoms with Crippen molar-refractivity contribution in [2.75, 3.05) is 17.7 Å². The molecule has 19 heavy (non-hydrogen) atoms. The average Bonchev–Trinajstić information content (AvgIpc) is 2.37. The van der Waals surface area contributed by atoms with Gasteiger partial charge in [0.05, 0.1) is 0 Å². The molecule has 1 aromatic carbocycles. The Hall–Kier alpha value is -1.84. The second-order valence-electron chi connectivity index (χ2n) is 5.18. The molecule has 0 aliphatic carbocycles. The Morgan fingerprint density at radius 2 is 1.63 bits per heavy atom. The summed E-state index contributed by atoms with van der Waals surface area (Å²) in [6, 6.07) is 3.71. The molecule has 1 aromatic rings. The molecule has 1 rings (SSSR count). The summed E-state index contributed by atoms with van der Waals surface area (Å²) in [6.07, 6.45) is 0. The predicted octanol–water partition coefficient (Wildman–Crippen LogP) is 4.21. The largest absolute Gasteiger partial charge is 0.388 e. The van der Waals surface area contributed by atoms with Gasteiger partial charge in [0.15, 0.2) is 0 Å². The maximum atomic E-state index is 11.5. The molecule has 4 heteroatoms. The van der Waals surface area contributed by atoms with Crippen molar-refractivity contribution in [3.05, 3.63) is 23.3 Å². The summed E-state index contributed by atoms with van der Waals surface area (Å²) < 4.78 is 0. The normalized spacial score (nSPS) is 10.7. The Balaban J connectivity index is 3.44. The number of amides is 2. The second-order valence-corrected chi connectivity index (χ2v) is 5.18. The van der Waals surface area contributed by atoms with Gasteiger partial charge in [0.25, 0.3) is 0 Å². The van der Waals surface area contributed by atoms with Crippen LogP contribution in [-0.2, 0) is 0 Å². The standard InChI is InChI=1S/C15H23N3O/c1-9(2)12-7-11(16-5)8-13(10(3)4)14(12)18-15(19)17-6/h7-10,16H,6H2,1-5H3,(H,18,19). The first kappa shape index (κ1) is 15.2. The fourth-order valence-electron chi connectivity index (χ4n) is 2.03. The number of urea groups is 1. The van der Waals surface area contributed by atoms with Gasteiger partial charge in [-0.05, 0) is 41.8 Å². The Bertz CT molecular complexity index is 449. The van der Waals surface area contributed by atoms with Gasteiger partial charge in [-0.15, -0.1) is 0 Å². The molecule has 0 aliphatic heterocycles. The molecule has 0 bridgehead atoms. The molecule has 4 nitrogen and oxygen atoms in total. The number of carbonyl (C=O) groups excluding carboxylic acids is 1. The summed E-state index contributed by atoms with van der Waals surface area (Å²) in [5.74, 6) is 0.622. The first-order chi connectivity index (χ1) is 8.90. The smallest absolute Gasteiger partial charge is 0.344 e. The van der Waals surface area contributed by atoms with E-state index in [0.29, 0.717) is 11.8 Å². The molecule has 2 amide bonds. The van der Waals surface area contributed by atoms with Crippen LogP contribution in [0.15, 0.2) is 17.1 Å². The van der Waals surface area contributed by atoms with Crippen LogP contribution in [0.2, 0.25) is 0 Å². The van der Waals surface area contributed by atoms with E-state index in [-0.39, 0.29) is 0 Å². The van der Waals surface area contributed by atoms with E-state index in [2.05, 4.69) is 62.2 Å². The monoisotopic (exact) mass is 261 g/mol. The van der Waals surface area contributed by atoms with Crippen molar-refractivity contribution in [2.24, 2.45) is 4.99 Å². The van der Waals surface area contributed by atoms with E-state index in [9.17, 15) is 4.79 Å². The topological polar surface area (TPSA) is 53.5 Å². The molecule has 0 saturated heterocycles. The number of hydrogen-bond acceptors (Lipinski definition) is 2. The first-order valence-electron chi connectivity index (χ1n) is 6.54. The van der Waals surface area contributed by atoms with E-state index in [1.54, 1.807) is 0 Å². The van der Waals surface area contributed by atoms with Gasteiger partial charge >= 0.3 is 6.03 Å². The van der Waals surface area contributed by atoms with Crippen LogP contribution in [0.4, 0.5) is 16.2 Å². The van der Waals surface area contributed by atoms with Gasteiger partial charge in [-0.3, -0.25) is 0 Å². The van der Waals surface area contributed by atoms with Crippen LogP contribution in [0.1, 0.15) is 50.7 Å². The number of rotatable bonds is 4. The molecule has 0 spiro atoms. The zero-order chi connectivity index (χ0) is 14.6. The highest BCUT2D eigenvalue weighted by Crippen LogP contribution is 2.35. The minimum atomic E-state index is -0.416. The average molecular weight is 261 g/mol.